The summed E-state index contributed by atoms with van der Waals surface area (Å²) in [5.41, 5.74) is -0.709. The Hall–Kier alpha value is -1.31. The van der Waals surface area contributed by atoms with Crippen LogP contribution in [0.1, 0.15) is 38.5 Å². The first-order valence-corrected chi connectivity index (χ1v) is 8.74. The summed E-state index contributed by atoms with van der Waals surface area (Å²) in [5, 5.41) is 14.2. The van der Waals surface area contributed by atoms with E-state index in [1.54, 1.807) is 0 Å². The van der Waals surface area contributed by atoms with Gasteiger partial charge in [-0.25, -0.2) is 13.2 Å². The number of carbonyl (C=O) groups is 2. The van der Waals surface area contributed by atoms with Crippen molar-refractivity contribution in [3.63, 3.8) is 0 Å². The van der Waals surface area contributed by atoms with Crippen LogP contribution in [0, 0.1) is 0 Å². The molecule has 7 nitrogen and oxygen atoms in total. The standard InChI is InChI=1S/C12H22N2O5S/c1-20(18,19)8-7-13-11(17)14-12(9-10(15)16)5-3-2-4-6-12/h2-9H2,1H3,(H,15,16)(H2,13,14,17). The first-order valence-electron chi connectivity index (χ1n) is 6.68. The van der Waals surface area contributed by atoms with Gasteiger partial charge < -0.3 is 15.7 Å². The van der Waals surface area contributed by atoms with Crippen LogP contribution < -0.4 is 10.6 Å². The monoisotopic (exact) mass is 306 g/mol. The zero-order valence-corrected chi connectivity index (χ0v) is 12.5. The second-order valence-corrected chi connectivity index (χ2v) is 7.68. The van der Waals surface area contributed by atoms with E-state index in [2.05, 4.69) is 10.6 Å². The predicted molar refractivity (Wildman–Crippen MR) is 74.3 cm³/mol. The number of nitrogens with one attached hydrogen (secondary N) is 2. The van der Waals surface area contributed by atoms with Crippen LogP contribution >= 0.6 is 0 Å². The lowest BCUT2D eigenvalue weighted by Gasteiger charge is -2.36. The number of carbonyl (C=O) groups excluding carboxylic acids is 1. The van der Waals surface area contributed by atoms with Crippen molar-refractivity contribution in [2.75, 3.05) is 18.6 Å². The Balaban J connectivity index is 2.52. The van der Waals surface area contributed by atoms with Crippen LogP contribution in [0.3, 0.4) is 0 Å². The average molecular weight is 306 g/mol. The third-order valence-corrected chi connectivity index (χ3v) is 4.38. The first kappa shape index (κ1) is 16.7. The number of amides is 2. The van der Waals surface area contributed by atoms with Gasteiger partial charge in [-0.05, 0) is 12.8 Å². The number of sulfone groups is 1. The lowest BCUT2D eigenvalue weighted by molar-refractivity contribution is -0.139. The van der Waals surface area contributed by atoms with Gasteiger partial charge in [-0.1, -0.05) is 19.3 Å². The van der Waals surface area contributed by atoms with Crippen molar-refractivity contribution < 1.29 is 23.1 Å². The Kier molecular flexibility index (Phi) is 5.79. The van der Waals surface area contributed by atoms with E-state index in [-0.39, 0.29) is 18.7 Å². The molecule has 1 fully saturated rings. The minimum absolute atomic E-state index is 0.0216. The lowest BCUT2D eigenvalue weighted by Crippen LogP contribution is -2.54. The summed E-state index contributed by atoms with van der Waals surface area (Å²) in [4.78, 5) is 22.7. The van der Waals surface area contributed by atoms with Crippen molar-refractivity contribution in [1.29, 1.82) is 0 Å². The van der Waals surface area contributed by atoms with Gasteiger partial charge >= 0.3 is 12.0 Å². The SMILES string of the molecule is CS(=O)(=O)CCNC(=O)NC1(CC(=O)O)CCCCC1. The highest BCUT2D eigenvalue weighted by Gasteiger charge is 2.35. The Labute approximate surface area is 119 Å². The number of carboxylic acids is 1. The maximum Gasteiger partial charge on any atom is 0.315 e. The van der Waals surface area contributed by atoms with Crippen LogP contribution in [-0.2, 0) is 14.6 Å². The number of hydrogen-bond acceptors (Lipinski definition) is 4. The quantitative estimate of drug-likeness (QED) is 0.662. The molecule has 20 heavy (non-hydrogen) atoms. The van der Waals surface area contributed by atoms with Gasteiger partial charge in [0.05, 0.1) is 17.7 Å². The Morgan fingerprint density at radius 1 is 1.20 bits per heavy atom. The van der Waals surface area contributed by atoms with E-state index in [4.69, 9.17) is 5.11 Å². The molecule has 2 amide bonds. The van der Waals surface area contributed by atoms with Crippen LogP contribution in [0.2, 0.25) is 0 Å². The summed E-state index contributed by atoms with van der Waals surface area (Å²) in [7, 11) is -3.12. The van der Waals surface area contributed by atoms with Crippen molar-refractivity contribution in [2.45, 2.75) is 44.1 Å². The molecule has 1 aliphatic rings. The van der Waals surface area contributed by atoms with Crippen molar-refractivity contribution in [2.24, 2.45) is 0 Å². The Bertz CT molecular complexity index is 454. The van der Waals surface area contributed by atoms with Crippen molar-refractivity contribution >= 4 is 21.8 Å². The van der Waals surface area contributed by atoms with Crippen molar-refractivity contribution in [1.82, 2.24) is 10.6 Å². The summed E-state index contributed by atoms with van der Waals surface area (Å²) in [6.45, 7) is 0.0216. The minimum atomic E-state index is -3.12. The molecule has 1 aliphatic carbocycles. The zero-order chi connectivity index (χ0) is 15.2. The highest BCUT2D eigenvalue weighted by atomic mass is 32.2. The molecular formula is C12H22N2O5S. The molecule has 0 heterocycles. The van der Waals surface area contributed by atoms with Crippen molar-refractivity contribution in [3.05, 3.63) is 0 Å². The maximum absolute atomic E-state index is 11.8. The molecule has 3 N–H and O–H groups in total. The topological polar surface area (TPSA) is 113 Å². The normalized spacial score (nSPS) is 18.2. The van der Waals surface area contributed by atoms with Gasteiger partial charge in [0.1, 0.15) is 9.84 Å². The zero-order valence-electron chi connectivity index (χ0n) is 11.6. The van der Waals surface area contributed by atoms with Gasteiger partial charge in [-0.15, -0.1) is 0 Å². The van der Waals surface area contributed by atoms with Gasteiger partial charge in [0.15, 0.2) is 0 Å². The number of carboxylic acid groups (broad SMARTS) is 1. The van der Waals surface area contributed by atoms with E-state index in [1.807, 2.05) is 0 Å². The predicted octanol–water partition coefficient (Wildman–Crippen LogP) is 0.508. The Morgan fingerprint density at radius 3 is 2.30 bits per heavy atom. The molecule has 0 atom stereocenters. The average Bonchev–Trinajstić information content (AvgIpc) is 2.26. The maximum atomic E-state index is 11.8. The van der Waals surface area contributed by atoms with Gasteiger partial charge in [0, 0.05) is 12.8 Å². The fourth-order valence-electron chi connectivity index (χ4n) is 2.50. The van der Waals surface area contributed by atoms with Crippen molar-refractivity contribution in [3.8, 4) is 0 Å². The molecule has 8 heteroatoms. The fourth-order valence-corrected chi connectivity index (χ4v) is 2.97. The minimum Gasteiger partial charge on any atom is -0.481 e. The summed E-state index contributed by atoms with van der Waals surface area (Å²) < 4.78 is 21.9. The van der Waals surface area contributed by atoms with Crippen LogP contribution in [0.15, 0.2) is 0 Å². The molecule has 1 saturated carbocycles. The third-order valence-electron chi connectivity index (χ3n) is 3.44. The molecule has 0 unspecified atom stereocenters. The molecule has 0 saturated heterocycles. The summed E-state index contributed by atoms with van der Waals surface area (Å²) in [6.07, 6.45) is 5.08. The number of aliphatic carboxylic acids is 1. The van der Waals surface area contributed by atoms with E-state index in [9.17, 15) is 18.0 Å². The first-order chi connectivity index (χ1) is 9.22. The molecule has 0 radical (unpaired) electrons. The fraction of sp³-hybridized carbons (Fsp3) is 0.833. The highest BCUT2D eigenvalue weighted by Crippen LogP contribution is 2.31. The van der Waals surface area contributed by atoms with Crippen LogP contribution in [-0.4, -0.2) is 49.6 Å². The molecule has 0 bridgehead atoms. The summed E-state index contributed by atoms with van der Waals surface area (Å²) in [5.74, 6) is -1.07. The van der Waals surface area contributed by atoms with E-state index in [0.717, 1.165) is 25.5 Å². The second-order valence-electron chi connectivity index (χ2n) is 5.42. The molecule has 0 aliphatic heterocycles. The molecule has 116 valence electrons. The highest BCUT2D eigenvalue weighted by molar-refractivity contribution is 7.90. The van der Waals surface area contributed by atoms with Gasteiger partial charge in [0.2, 0.25) is 0 Å². The van der Waals surface area contributed by atoms with E-state index in [1.165, 1.54) is 0 Å². The smallest absolute Gasteiger partial charge is 0.315 e. The van der Waals surface area contributed by atoms with Gasteiger partial charge in [-0.3, -0.25) is 4.79 Å². The molecular weight excluding hydrogens is 284 g/mol. The molecule has 0 aromatic heterocycles. The van der Waals surface area contributed by atoms with E-state index >= 15 is 0 Å². The van der Waals surface area contributed by atoms with Crippen LogP contribution in [0.25, 0.3) is 0 Å². The lowest BCUT2D eigenvalue weighted by atomic mass is 9.79. The Morgan fingerprint density at radius 2 is 1.80 bits per heavy atom. The largest absolute Gasteiger partial charge is 0.481 e. The number of urea groups is 1. The molecule has 0 aromatic rings. The molecule has 1 rings (SSSR count). The molecule has 0 spiro atoms. The molecule has 0 aromatic carbocycles. The third kappa shape index (κ3) is 6.23. The number of rotatable bonds is 6. The summed E-state index contributed by atoms with van der Waals surface area (Å²) in [6, 6.07) is -0.503. The number of hydrogen-bond donors (Lipinski definition) is 3. The van der Waals surface area contributed by atoms with Crippen LogP contribution in [0.5, 0.6) is 0 Å². The van der Waals surface area contributed by atoms with E-state index in [0.29, 0.717) is 12.8 Å². The van der Waals surface area contributed by atoms with Gasteiger partial charge in [-0.2, -0.15) is 0 Å². The van der Waals surface area contributed by atoms with E-state index < -0.39 is 27.4 Å². The van der Waals surface area contributed by atoms with Gasteiger partial charge in [0.25, 0.3) is 0 Å². The summed E-state index contributed by atoms with van der Waals surface area (Å²) >= 11 is 0. The second kappa shape index (κ2) is 6.92. The van der Waals surface area contributed by atoms with Crippen LogP contribution in [0.4, 0.5) is 4.79 Å².